The minimum atomic E-state index is 0.0262. The van der Waals surface area contributed by atoms with Gasteiger partial charge in [0, 0.05) is 5.56 Å². The summed E-state index contributed by atoms with van der Waals surface area (Å²) in [6.07, 6.45) is 0.828. The molecule has 1 aromatic carbocycles. The van der Waals surface area contributed by atoms with Crippen LogP contribution in [0, 0.1) is 0 Å². The summed E-state index contributed by atoms with van der Waals surface area (Å²) >= 11 is 3.42. The molecule has 0 saturated heterocycles. The molecule has 0 aromatic heterocycles. The topological polar surface area (TPSA) is 38.7 Å². The highest BCUT2D eigenvalue weighted by Crippen LogP contribution is 2.42. The fourth-order valence-corrected chi connectivity index (χ4v) is 2.37. The number of fused-ring (bicyclic) bond motifs is 1. The molecule has 1 aliphatic heterocycles. The molecule has 1 heterocycles. The predicted molar refractivity (Wildman–Crippen MR) is 60.4 cm³/mol. The Morgan fingerprint density at radius 3 is 2.60 bits per heavy atom. The average Bonchev–Trinajstić information content (AvgIpc) is 2.29. The van der Waals surface area contributed by atoms with Crippen molar-refractivity contribution in [1.82, 2.24) is 0 Å². The maximum absolute atomic E-state index is 9.26. The number of hydrogen-bond acceptors (Lipinski definition) is 3. The van der Waals surface area contributed by atoms with Crippen molar-refractivity contribution in [3.05, 3.63) is 21.7 Å². The minimum absolute atomic E-state index is 0.0262. The van der Waals surface area contributed by atoms with Crippen LogP contribution < -0.4 is 9.47 Å². The molecule has 0 radical (unpaired) electrons. The molecule has 0 saturated carbocycles. The van der Waals surface area contributed by atoms with E-state index >= 15 is 0 Å². The van der Waals surface area contributed by atoms with Gasteiger partial charge in [0.05, 0.1) is 11.1 Å². The third-order valence-corrected chi connectivity index (χ3v) is 3.07. The van der Waals surface area contributed by atoms with Crippen LogP contribution in [0.2, 0.25) is 0 Å². The molecule has 2 rings (SSSR count). The van der Waals surface area contributed by atoms with Crippen LogP contribution in [0.1, 0.15) is 18.1 Å². The molecule has 0 aliphatic carbocycles. The third-order valence-electron chi connectivity index (χ3n) is 2.49. The van der Waals surface area contributed by atoms with Gasteiger partial charge in [0.25, 0.3) is 0 Å². The molecule has 1 N–H and O–H groups in total. The monoisotopic (exact) mass is 272 g/mol. The summed E-state index contributed by atoms with van der Waals surface area (Å²) < 4.78 is 12.0. The second-order valence-corrected chi connectivity index (χ2v) is 4.22. The van der Waals surface area contributed by atoms with E-state index < -0.39 is 0 Å². The summed E-state index contributed by atoms with van der Waals surface area (Å²) in [5.41, 5.74) is 1.93. The Hall–Kier alpha value is -0.740. The van der Waals surface area contributed by atoms with E-state index in [-0.39, 0.29) is 6.61 Å². The minimum Gasteiger partial charge on any atom is -0.486 e. The standard InChI is InChI=1S/C11H13BrO3/c1-2-8-7(6-13)5-9(12)11-10(8)14-3-4-15-11/h5,13H,2-4,6H2,1H3. The maximum atomic E-state index is 9.26. The van der Waals surface area contributed by atoms with Gasteiger partial charge in [-0.15, -0.1) is 0 Å². The van der Waals surface area contributed by atoms with Crippen LogP contribution in [0.15, 0.2) is 10.5 Å². The van der Waals surface area contributed by atoms with Gasteiger partial charge in [-0.1, -0.05) is 6.92 Å². The molecule has 3 nitrogen and oxygen atoms in total. The van der Waals surface area contributed by atoms with Crippen molar-refractivity contribution < 1.29 is 14.6 Å². The smallest absolute Gasteiger partial charge is 0.175 e. The first kappa shape index (κ1) is 10.8. The number of ether oxygens (including phenoxy) is 2. The van der Waals surface area contributed by atoms with E-state index in [1.807, 2.05) is 13.0 Å². The summed E-state index contributed by atoms with van der Waals surface area (Å²) in [6, 6.07) is 1.90. The van der Waals surface area contributed by atoms with Crippen LogP contribution in [0.3, 0.4) is 0 Å². The highest BCUT2D eigenvalue weighted by atomic mass is 79.9. The van der Waals surface area contributed by atoms with E-state index in [0.717, 1.165) is 33.5 Å². The number of aliphatic hydroxyl groups is 1. The number of hydrogen-bond donors (Lipinski definition) is 1. The molecule has 0 amide bonds. The molecular weight excluding hydrogens is 260 g/mol. The SMILES string of the molecule is CCc1c(CO)cc(Br)c2c1OCCO2. The molecule has 0 bridgehead atoms. The zero-order chi connectivity index (χ0) is 10.8. The highest BCUT2D eigenvalue weighted by molar-refractivity contribution is 9.10. The number of benzene rings is 1. The molecule has 15 heavy (non-hydrogen) atoms. The molecule has 0 atom stereocenters. The van der Waals surface area contributed by atoms with Gasteiger partial charge in [-0.25, -0.2) is 0 Å². The highest BCUT2D eigenvalue weighted by Gasteiger charge is 2.21. The van der Waals surface area contributed by atoms with Crippen LogP contribution in [-0.4, -0.2) is 18.3 Å². The zero-order valence-corrected chi connectivity index (χ0v) is 10.1. The molecule has 1 aliphatic rings. The summed E-state index contributed by atoms with van der Waals surface area (Å²) in [5, 5.41) is 9.26. The lowest BCUT2D eigenvalue weighted by molar-refractivity contribution is 0.168. The van der Waals surface area contributed by atoms with Gasteiger partial charge in [0.2, 0.25) is 0 Å². The molecule has 0 fully saturated rings. The number of halogens is 1. The van der Waals surface area contributed by atoms with Gasteiger partial charge < -0.3 is 14.6 Å². The van der Waals surface area contributed by atoms with Crippen LogP contribution >= 0.6 is 15.9 Å². The predicted octanol–water partition coefficient (Wildman–Crippen LogP) is 2.28. The second kappa shape index (κ2) is 4.41. The van der Waals surface area contributed by atoms with E-state index in [1.54, 1.807) is 0 Å². The first-order chi connectivity index (χ1) is 7.27. The van der Waals surface area contributed by atoms with Crippen LogP contribution in [0.5, 0.6) is 11.5 Å². The van der Waals surface area contributed by atoms with Crippen molar-refractivity contribution in [3.63, 3.8) is 0 Å². The Labute approximate surface area is 97.1 Å². The van der Waals surface area contributed by atoms with Gasteiger partial charge in [0.15, 0.2) is 11.5 Å². The van der Waals surface area contributed by atoms with Crippen molar-refractivity contribution in [1.29, 1.82) is 0 Å². The lowest BCUT2D eigenvalue weighted by Crippen LogP contribution is -2.17. The first-order valence-corrected chi connectivity index (χ1v) is 5.78. The van der Waals surface area contributed by atoms with Crippen molar-refractivity contribution in [3.8, 4) is 11.5 Å². The Morgan fingerprint density at radius 2 is 2.00 bits per heavy atom. The van der Waals surface area contributed by atoms with E-state index in [0.29, 0.717) is 13.2 Å². The van der Waals surface area contributed by atoms with Crippen molar-refractivity contribution in [2.45, 2.75) is 20.0 Å². The fourth-order valence-electron chi connectivity index (χ4n) is 1.80. The van der Waals surface area contributed by atoms with Crippen molar-refractivity contribution in [2.75, 3.05) is 13.2 Å². The summed E-state index contributed by atoms with van der Waals surface area (Å²) in [4.78, 5) is 0. The van der Waals surface area contributed by atoms with Crippen molar-refractivity contribution in [2.24, 2.45) is 0 Å². The zero-order valence-electron chi connectivity index (χ0n) is 8.55. The Morgan fingerprint density at radius 1 is 1.33 bits per heavy atom. The normalized spacial score (nSPS) is 14.1. The summed E-state index contributed by atoms with van der Waals surface area (Å²) in [5.74, 6) is 1.54. The Kier molecular flexibility index (Phi) is 3.17. The molecule has 0 unspecified atom stereocenters. The van der Waals surface area contributed by atoms with Gasteiger partial charge in [-0.3, -0.25) is 0 Å². The Bertz CT molecular complexity index is 377. The molecule has 4 heteroatoms. The van der Waals surface area contributed by atoms with Crippen LogP contribution in [0.4, 0.5) is 0 Å². The lowest BCUT2D eigenvalue weighted by Gasteiger charge is -2.23. The number of aliphatic hydroxyl groups excluding tert-OH is 1. The molecule has 82 valence electrons. The van der Waals surface area contributed by atoms with Gasteiger partial charge in [0.1, 0.15) is 13.2 Å². The van der Waals surface area contributed by atoms with Gasteiger partial charge in [-0.05, 0) is 34.0 Å². The van der Waals surface area contributed by atoms with Gasteiger partial charge >= 0.3 is 0 Å². The Balaban J connectivity index is 2.59. The second-order valence-electron chi connectivity index (χ2n) is 3.36. The summed E-state index contributed by atoms with van der Waals surface area (Å²) in [6.45, 7) is 3.22. The molecular formula is C11H13BrO3. The van der Waals surface area contributed by atoms with Crippen LogP contribution in [-0.2, 0) is 13.0 Å². The maximum Gasteiger partial charge on any atom is 0.175 e. The van der Waals surface area contributed by atoms with E-state index in [9.17, 15) is 5.11 Å². The fraction of sp³-hybridized carbons (Fsp3) is 0.455. The quantitative estimate of drug-likeness (QED) is 0.898. The van der Waals surface area contributed by atoms with E-state index in [2.05, 4.69) is 15.9 Å². The van der Waals surface area contributed by atoms with Crippen LogP contribution in [0.25, 0.3) is 0 Å². The average molecular weight is 273 g/mol. The molecule has 1 aromatic rings. The third kappa shape index (κ3) is 1.84. The van der Waals surface area contributed by atoms with E-state index in [4.69, 9.17) is 9.47 Å². The number of rotatable bonds is 2. The lowest BCUT2D eigenvalue weighted by atomic mass is 10.0. The summed E-state index contributed by atoms with van der Waals surface area (Å²) in [7, 11) is 0. The van der Waals surface area contributed by atoms with Gasteiger partial charge in [-0.2, -0.15) is 0 Å². The molecule has 0 spiro atoms. The van der Waals surface area contributed by atoms with E-state index in [1.165, 1.54) is 0 Å². The first-order valence-electron chi connectivity index (χ1n) is 4.98. The van der Waals surface area contributed by atoms with Crippen molar-refractivity contribution >= 4 is 15.9 Å². The largest absolute Gasteiger partial charge is 0.486 e.